The number of rotatable bonds is 6. The van der Waals surface area contributed by atoms with Gasteiger partial charge in [0.1, 0.15) is 11.9 Å². The van der Waals surface area contributed by atoms with E-state index in [-0.39, 0.29) is 33.5 Å². The molecule has 1 amide bonds. The molecule has 2 fully saturated rings. The van der Waals surface area contributed by atoms with Crippen molar-refractivity contribution in [1.82, 2.24) is 14.7 Å². The van der Waals surface area contributed by atoms with Crippen molar-refractivity contribution in [3.05, 3.63) is 42.1 Å². The number of carbonyl (C=O) groups excluding carboxylic acids is 1. The topological polar surface area (TPSA) is 101 Å². The molecule has 2 unspecified atom stereocenters. The van der Waals surface area contributed by atoms with E-state index in [4.69, 9.17) is 4.74 Å². The third-order valence-corrected chi connectivity index (χ3v) is 8.85. The minimum absolute atomic E-state index is 0.0112. The second-order valence-corrected chi connectivity index (χ2v) is 12.7. The number of nitrogens with one attached hydrogen (secondary N) is 1. The van der Waals surface area contributed by atoms with Crippen LogP contribution in [0.5, 0.6) is 5.88 Å². The third kappa shape index (κ3) is 5.44. The lowest BCUT2D eigenvalue weighted by molar-refractivity contribution is 0.0808. The Hall–Kier alpha value is -2.68. The Labute approximate surface area is 208 Å². The van der Waals surface area contributed by atoms with Crippen molar-refractivity contribution in [1.29, 1.82) is 0 Å². The average molecular weight is 501 g/mol. The van der Waals surface area contributed by atoms with Crippen LogP contribution in [-0.2, 0) is 10.0 Å². The van der Waals surface area contributed by atoms with Crippen LogP contribution < -0.4 is 14.4 Å². The van der Waals surface area contributed by atoms with Gasteiger partial charge in [0.05, 0.1) is 5.56 Å². The highest BCUT2D eigenvalue weighted by molar-refractivity contribution is 7.90. The summed E-state index contributed by atoms with van der Waals surface area (Å²) in [5.74, 6) is 0.411. The Morgan fingerprint density at radius 2 is 1.91 bits per heavy atom. The van der Waals surface area contributed by atoms with Gasteiger partial charge < -0.3 is 9.64 Å². The third-order valence-electron chi connectivity index (χ3n) is 7.62. The molecule has 0 bridgehead atoms. The first-order valence-corrected chi connectivity index (χ1v) is 13.8. The number of hydrogen-bond acceptors (Lipinski definition) is 7. The fourth-order valence-electron chi connectivity index (χ4n) is 5.14. The molecule has 8 nitrogen and oxygen atoms in total. The molecule has 2 aromatic heterocycles. The molecule has 35 heavy (non-hydrogen) atoms. The molecule has 0 aromatic carbocycles. The molecule has 0 spiro atoms. The first kappa shape index (κ1) is 25.4. The fraction of sp³-hybridized carbons (Fsp3) is 0.577. The zero-order valence-corrected chi connectivity index (χ0v) is 22.1. The van der Waals surface area contributed by atoms with Crippen molar-refractivity contribution in [3.8, 4) is 5.88 Å². The van der Waals surface area contributed by atoms with Crippen molar-refractivity contribution < 1.29 is 17.9 Å². The average Bonchev–Trinajstić information content (AvgIpc) is 3.05. The molecule has 0 radical (unpaired) electrons. The normalized spacial score (nSPS) is 23.6. The lowest BCUT2D eigenvalue weighted by Crippen LogP contribution is -2.43. The summed E-state index contributed by atoms with van der Waals surface area (Å²) >= 11 is 0. The summed E-state index contributed by atoms with van der Waals surface area (Å²) < 4.78 is 34.4. The molecule has 1 aliphatic heterocycles. The summed E-state index contributed by atoms with van der Waals surface area (Å²) in [5, 5.41) is -0.251. The van der Waals surface area contributed by atoms with E-state index >= 15 is 0 Å². The van der Waals surface area contributed by atoms with Gasteiger partial charge in [-0.05, 0) is 75.5 Å². The molecule has 9 heteroatoms. The van der Waals surface area contributed by atoms with Gasteiger partial charge in [-0.15, -0.1) is 0 Å². The van der Waals surface area contributed by atoms with Crippen LogP contribution in [0.15, 0.2) is 41.6 Å². The molecule has 2 aliphatic rings. The zero-order valence-electron chi connectivity index (χ0n) is 21.2. The molecule has 2 atom stereocenters. The van der Waals surface area contributed by atoms with Gasteiger partial charge in [0.25, 0.3) is 15.9 Å². The van der Waals surface area contributed by atoms with Gasteiger partial charge in [-0.25, -0.2) is 9.71 Å². The van der Waals surface area contributed by atoms with Crippen LogP contribution in [0.3, 0.4) is 0 Å². The standard InChI is InChI=1S/C26H36N4O4S/c1-18-13-16-30(26(18,4)5)23-20(10-8-15-27-23)24(31)29-35(32,33)22-12-6-11-21(28-22)34-19-9-7-14-25(2,3)17-19/h6,8,10-12,15,18-19H,7,9,13-14,16-17H2,1-5H3,(H,29,31). The smallest absolute Gasteiger partial charge is 0.281 e. The number of carbonyl (C=O) groups is 1. The first-order valence-electron chi connectivity index (χ1n) is 12.3. The van der Waals surface area contributed by atoms with Crippen LogP contribution in [0.1, 0.15) is 77.1 Å². The number of aromatic nitrogens is 2. The number of nitrogens with zero attached hydrogens (tertiary/aromatic N) is 3. The number of amides is 1. The molecule has 1 saturated carbocycles. The quantitative estimate of drug-likeness (QED) is 0.620. The van der Waals surface area contributed by atoms with Gasteiger partial charge in [-0.1, -0.05) is 26.8 Å². The summed E-state index contributed by atoms with van der Waals surface area (Å²) in [5.41, 5.74) is 0.197. The van der Waals surface area contributed by atoms with Crippen LogP contribution in [0.25, 0.3) is 0 Å². The molecular formula is C26H36N4O4S. The maximum atomic E-state index is 13.2. The highest BCUT2D eigenvalue weighted by Gasteiger charge is 2.40. The van der Waals surface area contributed by atoms with Gasteiger partial charge in [0.15, 0.2) is 5.03 Å². The van der Waals surface area contributed by atoms with E-state index in [1.54, 1.807) is 30.5 Å². The summed E-state index contributed by atoms with van der Waals surface area (Å²) in [7, 11) is -4.21. The maximum absolute atomic E-state index is 13.2. The minimum atomic E-state index is -4.21. The Morgan fingerprint density at radius 3 is 2.60 bits per heavy atom. The van der Waals surface area contributed by atoms with E-state index in [0.29, 0.717) is 11.7 Å². The molecule has 2 aromatic rings. The highest BCUT2D eigenvalue weighted by Crippen LogP contribution is 2.39. The van der Waals surface area contributed by atoms with Gasteiger partial charge >= 0.3 is 0 Å². The Kier molecular flexibility index (Phi) is 6.83. The Morgan fingerprint density at radius 1 is 1.14 bits per heavy atom. The van der Waals surface area contributed by atoms with Gasteiger partial charge in [-0.2, -0.15) is 13.4 Å². The molecular weight excluding hydrogens is 464 g/mol. The van der Waals surface area contributed by atoms with Crippen LogP contribution in [0.2, 0.25) is 0 Å². The first-order chi connectivity index (χ1) is 16.4. The van der Waals surface area contributed by atoms with E-state index < -0.39 is 15.9 Å². The molecule has 1 saturated heterocycles. The summed E-state index contributed by atoms with van der Waals surface area (Å²) in [6.07, 6.45) is 6.58. The van der Waals surface area contributed by atoms with Crippen LogP contribution in [0, 0.1) is 11.3 Å². The number of anilines is 1. The van der Waals surface area contributed by atoms with Crippen LogP contribution in [0.4, 0.5) is 5.82 Å². The second kappa shape index (κ2) is 9.41. The van der Waals surface area contributed by atoms with Gasteiger partial charge in [-0.3, -0.25) is 4.79 Å². The van der Waals surface area contributed by atoms with Crippen molar-refractivity contribution in [2.45, 2.75) is 83.4 Å². The fourth-order valence-corrected chi connectivity index (χ4v) is 6.07. The number of sulfonamides is 1. The Balaban J connectivity index is 1.53. The molecule has 4 rings (SSSR count). The van der Waals surface area contributed by atoms with Gasteiger partial charge in [0.2, 0.25) is 5.88 Å². The van der Waals surface area contributed by atoms with E-state index in [9.17, 15) is 13.2 Å². The number of hydrogen-bond donors (Lipinski definition) is 1. The van der Waals surface area contributed by atoms with Crippen molar-refractivity contribution in [3.63, 3.8) is 0 Å². The Bertz CT molecular complexity index is 1200. The molecule has 1 N–H and O–H groups in total. The maximum Gasteiger partial charge on any atom is 0.281 e. The lowest BCUT2D eigenvalue weighted by atomic mass is 9.76. The number of pyridine rings is 2. The summed E-state index contributed by atoms with van der Waals surface area (Å²) in [6.45, 7) is 11.6. The minimum Gasteiger partial charge on any atom is -0.474 e. The predicted octanol–water partition coefficient (Wildman–Crippen LogP) is 4.57. The molecule has 3 heterocycles. The summed E-state index contributed by atoms with van der Waals surface area (Å²) in [4.78, 5) is 23.9. The second-order valence-electron chi connectivity index (χ2n) is 11.1. The lowest BCUT2D eigenvalue weighted by Gasteiger charge is -2.36. The SMILES string of the molecule is CC1CCN(c2ncccc2C(=O)NS(=O)(=O)c2cccc(OC3CCCC(C)(C)C3)n2)C1(C)C. The van der Waals surface area contributed by atoms with Crippen molar-refractivity contribution in [2.75, 3.05) is 11.4 Å². The van der Waals surface area contributed by atoms with E-state index in [0.717, 1.165) is 38.6 Å². The predicted molar refractivity (Wildman–Crippen MR) is 135 cm³/mol. The van der Waals surface area contributed by atoms with Gasteiger partial charge in [0, 0.05) is 24.3 Å². The van der Waals surface area contributed by atoms with Crippen molar-refractivity contribution in [2.24, 2.45) is 11.3 Å². The van der Waals surface area contributed by atoms with E-state index in [1.807, 2.05) is 0 Å². The molecule has 190 valence electrons. The van der Waals surface area contributed by atoms with E-state index in [2.05, 4.69) is 54.2 Å². The molecule has 1 aliphatic carbocycles. The largest absolute Gasteiger partial charge is 0.474 e. The van der Waals surface area contributed by atoms with E-state index in [1.165, 1.54) is 6.07 Å². The highest BCUT2D eigenvalue weighted by atomic mass is 32.2. The number of ether oxygens (including phenoxy) is 1. The monoisotopic (exact) mass is 500 g/mol. The summed E-state index contributed by atoms with van der Waals surface area (Å²) in [6, 6.07) is 7.83. The zero-order chi connectivity index (χ0) is 25.4. The van der Waals surface area contributed by atoms with Crippen LogP contribution >= 0.6 is 0 Å². The van der Waals surface area contributed by atoms with Crippen LogP contribution in [-0.4, -0.2) is 42.5 Å². The van der Waals surface area contributed by atoms with Crippen molar-refractivity contribution >= 4 is 21.7 Å².